The maximum Gasteiger partial charge on any atom is 0.142 e. The average molecular weight is 299 g/mol. The number of rotatable bonds is 2. The van der Waals surface area contributed by atoms with E-state index in [4.69, 9.17) is 4.74 Å². The van der Waals surface area contributed by atoms with Crippen molar-refractivity contribution in [3.8, 4) is 5.75 Å². The van der Waals surface area contributed by atoms with E-state index in [1.807, 2.05) is 12.1 Å². The summed E-state index contributed by atoms with van der Waals surface area (Å²) in [5.74, 6) is 0.939. The summed E-state index contributed by atoms with van der Waals surface area (Å²) < 4.78 is 6.54. The Morgan fingerprint density at radius 3 is 2.88 bits per heavy atom. The maximum absolute atomic E-state index is 5.45. The van der Waals surface area contributed by atoms with Crippen LogP contribution in [0.2, 0.25) is 0 Å². The van der Waals surface area contributed by atoms with Crippen molar-refractivity contribution in [3.63, 3.8) is 0 Å². The lowest BCUT2D eigenvalue weighted by Crippen LogP contribution is -2.54. The van der Waals surface area contributed by atoms with E-state index in [2.05, 4.69) is 46.1 Å². The molecule has 1 aromatic carbocycles. The van der Waals surface area contributed by atoms with Gasteiger partial charge < -0.3 is 15.0 Å². The Bertz CT molecular complexity index is 397. The van der Waals surface area contributed by atoms with Crippen molar-refractivity contribution in [1.82, 2.24) is 5.32 Å². The molecule has 17 heavy (non-hydrogen) atoms. The Morgan fingerprint density at radius 2 is 2.18 bits per heavy atom. The lowest BCUT2D eigenvalue weighted by molar-refractivity contribution is 0.396. The highest BCUT2D eigenvalue weighted by Crippen LogP contribution is 2.33. The molecule has 0 bridgehead atoms. The summed E-state index contributed by atoms with van der Waals surface area (Å²) in [5.41, 5.74) is 1.17. The van der Waals surface area contributed by atoms with Crippen LogP contribution >= 0.6 is 15.9 Å². The van der Waals surface area contributed by atoms with E-state index in [0.717, 1.165) is 23.3 Å². The van der Waals surface area contributed by atoms with Gasteiger partial charge >= 0.3 is 0 Å². The van der Waals surface area contributed by atoms with Gasteiger partial charge in [-0.2, -0.15) is 0 Å². The van der Waals surface area contributed by atoms with E-state index in [1.54, 1.807) is 7.11 Å². The van der Waals surface area contributed by atoms with Gasteiger partial charge in [0.1, 0.15) is 5.75 Å². The fraction of sp³-hybridized carbons (Fsp3) is 0.538. The van der Waals surface area contributed by atoms with Crippen LogP contribution in [0.15, 0.2) is 22.7 Å². The molecular formula is C13H19BrN2O. The highest BCUT2D eigenvalue weighted by Gasteiger charge is 2.24. The summed E-state index contributed by atoms with van der Waals surface area (Å²) in [4.78, 5) is 2.41. The number of methoxy groups -OCH3 is 1. The number of halogens is 1. The Morgan fingerprint density at radius 1 is 1.41 bits per heavy atom. The standard InChI is InChI=1S/C13H19BrN2O/c1-9-8-16(10(2)7-15-9)12-6-11(14)4-5-13(12)17-3/h4-6,9-10,15H,7-8H2,1-3H3. The molecule has 1 saturated heterocycles. The molecule has 4 heteroatoms. The first-order valence-electron chi connectivity index (χ1n) is 5.95. The minimum atomic E-state index is 0.481. The van der Waals surface area contributed by atoms with Crippen LogP contribution in [0, 0.1) is 0 Å². The van der Waals surface area contributed by atoms with Crippen molar-refractivity contribution in [3.05, 3.63) is 22.7 Å². The van der Waals surface area contributed by atoms with Crippen LogP contribution in [0.1, 0.15) is 13.8 Å². The molecule has 1 aromatic rings. The molecule has 2 atom stereocenters. The molecule has 1 heterocycles. The van der Waals surface area contributed by atoms with Crippen molar-refractivity contribution in [1.29, 1.82) is 0 Å². The maximum atomic E-state index is 5.45. The summed E-state index contributed by atoms with van der Waals surface area (Å²) in [6, 6.07) is 7.15. The first-order chi connectivity index (χ1) is 8.11. The number of piperazine rings is 1. The first kappa shape index (κ1) is 12.7. The highest BCUT2D eigenvalue weighted by atomic mass is 79.9. The van der Waals surface area contributed by atoms with E-state index < -0.39 is 0 Å². The zero-order chi connectivity index (χ0) is 12.4. The molecule has 0 saturated carbocycles. The van der Waals surface area contributed by atoms with Gasteiger partial charge in [0.2, 0.25) is 0 Å². The molecule has 1 N–H and O–H groups in total. The second-order valence-electron chi connectivity index (χ2n) is 4.63. The van der Waals surface area contributed by atoms with E-state index in [1.165, 1.54) is 5.69 Å². The predicted molar refractivity (Wildman–Crippen MR) is 75.0 cm³/mol. The van der Waals surface area contributed by atoms with Crippen LogP contribution in [0.3, 0.4) is 0 Å². The van der Waals surface area contributed by atoms with E-state index in [9.17, 15) is 0 Å². The van der Waals surface area contributed by atoms with Gasteiger partial charge in [0, 0.05) is 29.6 Å². The Labute approximate surface area is 111 Å². The SMILES string of the molecule is COc1ccc(Br)cc1N1CC(C)NCC1C. The number of anilines is 1. The van der Waals surface area contributed by atoms with Crippen LogP contribution < -0.4 is 15.0 Å². The fourth-order valence-electron chi connectivity index (χ4n) is 2.24. The number of hydrogen-bond acceptors (Lipinski definition) is 3. The lowest BCUT2D eigenvalue weighted by Gasteiger charge is -2.39. The smallest absolute Gasteiger partial charge is 0.142 e. The Balaban J connectivity index is 2.33. The van der Waals surface area contributed by atoms with Crippen molar-refractivity contribution in [2.45, 2.75) is 25.9 Å². The third-order valence-corrected chi connectivity index (χ3v) is 3.71. The van der Waals surface area contributed by atoms with Crippen molar-refractivity contribution in [2.75, 3.05) is 25.1 Å². The van der Waals surface area contributed by atoms with Crippen LogP contribution in [0.4, 0.5) is 5.69 Å². The second kappa shape index (κ2) is 5.27. The molecule has 1 aliphatic heterocycles. The predicted octanol–water partition coefficient (Wildman–Crippen LogP) is 2.64. The fourth-order valence-corrected chi connectivity index (χ4v) is 2.59. The number of nitrogens with one attached hydrogen (secondary N) is 1. The van der Waals surface area contributed by atoms with Gasteiger partial charge in [-0.1, -0.05) is 15.9 Å². The van der Waals surface area contributed by atoms with Crippen LogP contribution in [-0.4, -0.2) is 32.3 Å². The quantitative estimate of drug-likeness (QED) is 0.908. The summed E-state index contributed by atoms with van der Waals surface area (Å²) >= 11 is 3.53. The van der Waals surface area contributed by atoms with E-state index >= 15 is 0 Å². The first-order valence-corrected chi connectivity index (χ1v) is 6.74. The normalized spacial score (nSPS) is 24.8. The van der Waals surface area contributed by atoms with Gasteiger partial charge in [-0.15, -0.1) is 0 Å². The van der Waals surface area contributed by atoms with E-state index in [-0.39, 0.29) is 0 Å². The van der Waals surface area contributed by atoms with E-state index in [0.29, 0.717) is 12.1 Å². The van der Waals surface area contributed by atoms with Gasteiger partial charge in [-0.3, -0.25) is 0 Å². The van der Waals surface area contributed by atoms with Gasteiger partial charge in [-0.25, -0.2) is 0 Å². The van der Waals surface area contributed by atoms with Crippen LogP contribution in [0.25, 0.3) is 0 Å². The molecule has 0 amide bonds. The second-order valence-corrected chi connectivity index (χ2v) is 5.54. The molecule has 1 aliphatic rings. The summed E-state index contributed by atoms with van der Waals surface area (Å²) in [6.45, 7) is 6.47. The molecular weight excluding hydrogens is 280 g/mol. The summed E-state index contributed by atoms with van der Waals surface area (Å²) in [7, 11) is 1.73. The molecule has 2 unspecified atom stereocenters. The van der Waals surface area contributed by atoms with Crippen LogP contribution in [0.5, 0.6) is 5.75 Å². The number of nitrogens with zero attached hydrogens (tertiary/aromatic N) is 1. The number of ether oxygens (including phenoxy) is 1. The minimum Gasteiger partial charge on any atom is -0.495 e. The van der Waals surface area contributed by atoms with Crippen molar-refractivity contribution >= 4 is 21.6 Å². The molecule has 94 valence electrons. The third kappa shape index (κ3) is 2.75. The molecule has 0 aromatic heterocycles. The molecule has 1 fully saturated rings. The lowest BCUT2D eigenvalue weighted by atomic mass is 10.1. The molecule has 0 spiro atoms. The Hall–Kier alpha value is -0.740. The van der Waals surface area contributed by atoms with Gasteiger partial charge in [0.25, 0.3) is 0 Å². The molecule has 2 rings (SSSR count). The third-order valence-electron chi connectivity index (χ3n) is 3.21. The van der Waals surface area contributed by atoms with Gasteiger partial charge in [-0.05, 0) is 32.0 Å². The Kier molecular flexibility index (Phi) is 3.94. The summed E-state index contributed by atoms with van der Waals surface area (Å²) in [5, 5.41) is 3.49. The minimum absolute atomic E-state index is 0.481. The summed E-state index contributed by atoms with van der Waals surface area (Å²) in [6.07, 6.45) is 0. The van der Waals surface area contributed by atoms with Gasteiger partial charge in [0.15, 0.2) is 0 Å². The van der Waals surface area contributed by atoms with Gasteiger partial charge in [0.05, 0.1) is 12.8 Å². The highest BCUT2D eigenvalue weighted by molar-refractivity contribution is 9.10. The molecule has 0 radical (unpaired) electrons. The largest absolute Gasteiger partial charge is 0.495 e. The average Bonchev–Trinajstić information content (AvgIpc) is 2.32. The topological polar surface area (TPSA) is 24.5 Å². The monoisotopic (exact) mass is 298 g/mol. The zero-order valence-corrected chi connectivity index (χ0v) is 12.1. The zero-order valence-electron chi connectivity index (χ0n) is 10.5. The number of hydrogen-bond donors (Lipinski definition) is 1. The molecule has 3 nitrogen and oxygen atoms in total. The number of benzene rings is 1. The van der Waals surface area contributed by atoms with Crippen molar-refractivity contribution in [2.24, 2.45) is 0 Å². The molecule has 0 aliphatic carbocycles. The van der Waals surface area contributed by atoms with Crippen molar-refractivity contribution < 1.29 is 4.74 Å². The van der Waals surface area contributed by atoms with Crippen LogP contribution in [-0.2, 0) is 0 Å².